The van der Waals surface area contributed by atoms with Crippen LogP contribution in [-0.4, -0.2) is 41.3 Å². The van der Waals surface area contributed by atoms with Gasteiger partial charge in [0.1, 0.15) is 11.3 Å². The fourth-order valence-electron chi connectivity index (χ4n) is 3.53. The lowest BCUT2D eigenvalue weighted by Gasteiger charge is -2.28. The van der Waals surface area contributed by atoms with Crippen LogP contribution in [0.25, 0.3) is 0 Å². The van der Waals surface area contributed by atoms with Gasteiger partial charge in [0, 0.05) is 18.7 Å². The lowest BCUT2D eigenvalue weighted by Crippen LogP contribution is -2.37. The number of aliphatic hydroxyl groups excluding tert-OH is 1. The maximum atomic E-state index is 13.3. The van der Waals surface area contributed by atoms with E-state index in [1.54, 1.807) is 23.1 Å². The summed E-state index contributed by atoms with van der Waals surface area (Å²) in [6.07, 6.45) is 0. The number of hydrogen-bond acceptors (Lipinski definition) is 4. The number of amides is 1. The molecule has 1 unspecified atom stereocenters. The van der Waals surface area contributed by atoms with Gasteiger partial charge in [-0.15, -0.1) is 0 Å². The maximum Gasteiger partial charge on any atom is 0.259 e. The third-order valence-electron chi connectivity index (χ3n) is 5.09. The summed E-state index contributed by atoms with van der Waals surface area (Å²) >= 11 is 6.40. The van der Waals surface area contributed by atoms with Crippen molar-refractivity contribution in [3.05, 3.63) is 81.6 Å². The van der Waals surface area contributed by atoms with Crippen molar-refractivity contribution in [2.24, 2.45) is 4.99 Å². The summed E-state index contributed by atoms with van der Waals surface area (Å²) in [5, 5.41) is 21.1. The first-order valence-corrected chi connectivity index (χ1v) is 9.92. The quantitative estimate of drug-likeness (QED) is 0.793. The van der Waals surface area contributed by atoms with Gasteiger partial charge < -0.3 is 10.0 Å². The number of aliphatic hydroxyl groups is 1. The summed E-state index contributed by atoms with van der Waals surface area (Å²) < 4.78 is 0. The zero-order chi connectivity index (χ0) is 21.0. The van der Waals surface area contributed by atoms with Gasteiger partial charge in [-0.25, -0.2) is 0 Å². The molecule has 0 saturated heterocycles. The molecule has 1 heterocycles. The molecule has 0 aliphatic carbocycles. The Bertz CT molecular complexity index is 1020. The average molecular weight is 408 g/mol. The predicted octanol–water partition coefficient (Wildman–Crippen LogP) is 4.48. The van der Waals surface area contributed by atoms with Gasteiger partial charge in [0.15, 0.2) is 0 Å². The van der Waals surface area contributed by atoms with Crippen molar-refractivity contribution in [1.82, 2.24) is 4.90 Å². The van der Waals surface area contributed by atoms with Crippen molar-refractivity contribution in [3.63, 3.8) is 0 Å². The van der Waals surface area contributed by atoms with Crippen molar-refractivity contribution in [2.75, 3.05) is 19.6 Å². The van der Waals surface area contributed by atoms with Crippen molar-refractivity contribution in [1.29, 1.82) is 5.26 Å². The molecule has 2 aromatic rings. The van der Waals surface area contributed by atoms with Gasteiger partial charge in [-0.3, -0.25) is 9.79 Å². The molecule has 1 aliphatic heterocycles. The molecule has 1 atom stereocenters. The normalized spacial score (nSPS) is 16.2. The van der Waals surface area contributed by atoms with Crippen LogP contribution in [-0.2, 0) is 4.79 Å². The molecule has 1 N–H and O–H groups in total. The van der Waals surface area contributed by atoms with Gasteiger partial charge in [0.25, 0.3) is 5.91 Å². The van der Waals surface area contributed by atoms with E-state index in [4.69, 9.17) is 11.6 Å². The first-order valence-electron chi connectivity index (χ1n) is 9.54. The number of carbonyl (C=O) groups excluding carboxylic acids is 1. The molecule has 0 aromatic heterocycles. The molecule has 0 radical (unpaired) electrons. The highest BCUT2D eigenvalue weighted by Crippen LogP contribution is 2.34. The summed E-state index contributed by atoms with van der Waals surface area (Å²) in [6, 6.07) is 16.5. The second kappa shape index (κ2) is 8.93. The number of rotatable bonds is 5. The molecule has 0 saturated carbocycles. The highest BCUT2D eigenvalue weighted by Gasteiger charge is 2.35. The Morgan fingerprint density at radius 3 is 2.52 bits per heavy atom. The molecule has 2 aromatic carbocycles. The smallest absolute Gasteiger partial charge is 0.259 e. The van der Waals surface area contributed by atoms with E-state index in [-0.39, 0.29) is 29.5 Å². The number of carbonyl (C=O) groups is 1. The summed E-state index contributed by atoms with van der Waals surface area (Å²) in [5.74, 6) is -0.792. The zero-order valence-corrected chi connectivity index (χ0v) is 17.1. The molecule has 29 heavy (non-hydrogen) atoms. The Balaban J connectivity index is 2.21. The van der Waals surface area contributed by atoms with E-state index in [0.29, 0.717) is 29.2 Å². The Morgan fingerprint density at radius 1 is 1.21 bits per heavy atom. The van der Waals surface area contributed by atoms with E-state index in [1.165, 1.54) is 0 Å². The van der Waals surface area contributed by atoms with Crippen LogP contribution in [0.2, 0.25) is 5.02 Å². The SMILES string of the molecule is CCN(CC)C(=O)C1=C(O)C(c2ccccc2)CN=C1c1c(Cl)cccc1C#N. The van der Waals surface area contributed by atoms with Crippen molar-refractivity contribution in [3.8, 4) is 6.07 Å². The lowest BCUT2D eigenvalue weighted by molar-refractivity contribution is -0.126. The average Bonchev–Trinajstić information content (AvgIpc) is 2.74. The summed E-state index contributed by atoms with van der Waals surface area (Å²) in [7, 11) is 0. The largest absolute Gasteiger partial charge is 0.511 e. The van der Waals surface area contributed by atoms with E-state index in [9.17, 15) is 15.2 Å². The second-order valence-electron chi connectivity index (χ2n) is 6.66. The van der Waals surface area contributed by atoms with Crippen LogP contribution >= 0.6 is 11.6 Å². The van der Waals surface area contributed by atoms with Crippen LogP contribution < -0.4 is 0 Å². The molecular formula is C23H22ClN3O2. The van der Waals surface area contributed by atoms with E-state index in [2.05, 4.69) is 11.1 Å². The maximum absolute atomic E-state index is 13.3. The molecule has 5 nitrogen and oxygen atoms in total. The standard InChI is InChI=1S/C23H22ClN3O2/c1-3-27(4-2)23(29)20-21(19-16(13-25)11-8-12-18(19)24)26-14-17(22(20)28)15-9-6-5-7-10-15/h5-12,17,28H,3-4,14H2,1-2H3. The molecule has 0 fully saturated rings. The van der Waals surface area contributed by atoms with Gasteiger partial charge in [-0.2, -0.15) is 5.26 Å². The van der Waals surface area contributed by atoms with Crippen LogP contribution in [0.4, 0.5) is 0 Å². The highest BCUT2D eigenvalue weighted by atomic mass is 35.5. The number of nitrogens with zero attached hydrogens (tertiary/aromatic N) is 3. The summed E-state index contributed by atoms with van der Waals surface area (Å²) in [5.41, 5.74) is 1.95. The first-order chi connectivity index (χ1) is 14.0. The van der Waals surface area contributed by atoms with E-state index in [1.807, 2.05) is 44.2 Å². The van der Waals surface area contributed by atoms with Crippen LogP contribution in [0, 0.1) is 11.3 Å². The van der Waals surface area contributed by atoms with Crippen molar-refractivity contribution < 1.29 is 9.90 Å². The summed E-state index contributed by atoms with van der Waals surface area (Å²) in [4.78, 5) is 19.6. The zero-order valence-electron chi connectivity index (χ0n) is 16.4. The Hall–Kier alpha value is -3.10. The molecular weight excluding hydrogens is 386 g/mol. The molecule has 3 rings (SSSR count). The fourth-order valence-corrected chi connectivity index (χ4v) is 3.80. The number of halogens is 1. The van der Waals surface area contributed by atoms with E-state index >= 15 is 0 Å². The molecule has 0 bridgehead atoms. The molecule has 6 heteroatoms. The molecule has 0 spiro atoms. The minimum atomic E-state index is -0.428. The van der Waals surface area contributed by atoms with Gasteiger partial charge in [0.2, 0.25) is 0 Å². The van der Waals surface area contributed by atoms with Crippen LogP contribution in [0.3, 0.4) is 0 Å². The minimum Gasteiger partial charge on any atom is -0.511 e. The number of likely N-dealkylation sites (N-methyl/N-ethyl adjacent to an activating group) is 1. The predicted molar refractivity (Wildman–Crippen MR) is 114 cm³/mol. The number of nitriles is 1. The topological polar surface area (TPSA) is 76.7 Å². The van der Waals surface area contributed by atoms with Gasteiger partial charge in [0.05, 0.1) is 34.8 Å². The second-order valence-corrected chi connectivity index (χ2v) is 7.07. The van der Waals surface area contributed by atoms with Crippen molar-refractivity contribution in [2.45, 2.75) is 19.8 Å². The number of aliphatic imine (C=N–C) groups is 1. The van der Waals surface area contributed by atoms with E-state index < -0.39 is 5.92 Å². The summed E-state index contributed by atoms with van der Waals surface area (Å²) in [6.45, 7) is 5.00. The third-order valence-corrected chi connectivity index (χ3v) is 5.41. The van der Waals surface area contributed by atoms with Gasteiger partial charge >= 0.3 is 0 Å². The number of hydrogen-bond donors (Lipinski definition) is 1. The minimum absolute atomic E-state index is 0.0399. The number of benzene rings is 2. The monoisotopic (exact) mass is 407 g/mol. The molecule has 1 aliphatic rings. The van der Waals surface area contributed by atoms with E-state index in [0.717, 1.165) is 5.56 Å². The lowest BCUT2D eigenvalue weighted by atomic mass is 9.86. The van der Waals surface area contributed by atoms with Crippen LogP contribution in [0.15, 0.2) is 64.9 Å². The van der Waals surface area contributed by atoms with Crippen LogP contribution in [0.1, 0.15) is 36.5 Å². The Labute approximate surface area is 175 Å². The number of dihydropyridines is 1. The molecule has 148 valence electrons. The first kappa shape index (κ1) is 20.6. The van der Waals surface area contributed by atoms with Crippen molar-refractivity contribution >= 4 is 23.2 Å². The molecule has 1 amide bonds. The third kappa shape index (κ3) is 3.90. The van der Waals surface area contributed by atoms with Crippen LogP contribution in [0.5, 0.6) is 0 Å². The van der Waals surface area contributed by atoms with Gasteiger partial charge in [-0.1, -0.05) is 48.0 Å². The highest BCUT2D eigenvalue weighted by molar-refractivity contribution is 6.39. The Kier molecular flexibility index (Phi) is 6.36. The van der Waals surface area contributed by atoms with Gasteiger partial charge in [-0.05, 0) is 31.5 Å². The fraction of sp³-hybridized carbons (Fsp3) is 0.261. The Morgan fingerprint density at radius 2 is 1.90 bits per heavy atom.